The first-order valence-electron chi connectivity index (χ1n) is 4.74. The molecule has 6 heteroatoms. The fraction of sp³-hybridized carbons (Fsp3) is 0. The van der Waals surface area contributed by atoms with E-state index in [1.807, 2.05) is 6.07 Å². The van der Waals surface area contributed by atoms with Crippen molar-refractivity contribution in [2.75, 3.05) is 0 Å². The fourth-order valence-corrected chi connectivity index (χ4v) is 1.77. The van der Waals surface area contributed by atoms with Gasteiger partial charge in [-0.3, -0.25) is 0 Å². The molecule has 0 fully saturated rings. The lowest BCUT2D eigenvalue weighted by molar-refractivity contribution is 0.425. The minimum absolute atomic E-state index is 0.329. The van der Waals surface area contributed by atoms with Crippen LogP contribution in [0.15, 0.2) is 35.1 Å². The Hall–Kier alpha value is -1.92. The Labute approximate surface area is 90.5 Å². The second-order valence-electron chi connectivity index (χ2n) is 3.44. The number of fused-ring (bicyclic) bond motifs is 3. The summed E-state index contributed by atoms with van der Waals surface area (Å²) in [6, 6.07) is 5.16. The third-order valence-corrected chi connectivity index (χ3v) is 2.49. The predicted molar refractivity (Wildman–Crippen MR) is 59.1 cm³/mol. The highest BCUT2D eigenvalue weighted by molar-refractivity contribution is 6.61. The molecule has 0 saturated heterocycles. The van der Waals surface area contributed by atoms with Crippen molar-refractivity contribution in [3.8, 4) is 0 Å². The van der Waals surface area contributed by atoms with Crippen molar-refractivity contribution in [2.45, 2.75) is 0 Å². The average molecular weight is 214 g/mol. The number of para-hydroxylation sites is 1. The van der Waals surface area contributed by atoms with Crippen LogP contribution in [0.25, 0.3) is 22.1 Å². The largest absolute Gasteiger partial charge is 0.492 e. The Balaban J connectivity index is 2.49. The quantitative estimate of drug-likeness (QED) is 0.559. The van der Waals surface area contributed by atoms with Crippen LogP contribution >= 0.6 is 0 Å². The van der Waals surface area contributed by atoms with E-state index in [0.717, 1.165) is 10.8 Å². The van der Waals surface area contributed by atoms with Gasteiger partial charge >= 0.3 is 7.12 Å². The van der Waals surface area contributed by atoms with Crippen molar-refractivity contribution >= 4 is 34.7 Å². The molecule has 2 N–H and O–H groups in total. The second kappa shape index (κ2) is 3.29. The highest BCUT2D eigenvalue weighted by Crippen LogP contribution is 2.24. The molecule has 0 radical (unpaired) electrons. The molecular weight excluding hydrogens is 207 g/mol. The molecule has 1 aromatic carbocycles. The van der Waals surface area contributed by atoms with Crippen molar-refractivity contribution in [3.05, 3.63) is 30.7 Å². The maximum absolute atomic E-state index is 9.21. The first-order valence-corrected chi connectivity index (χ1v) is 4.74. The van der Waals surface area contributed by atoms with Gasteiger partial charge < -0.3 is 14.5 Å². The van der Waals surface area contributed by atoms with Gasteiger partial charge in [-0.2, -0.15) is 0 Å². The Bertz CT molecular complexity index is 665. The molecule has 3 rings (SSSR count). The summed E-state index contributed by atoms with van der Waals surface area (Å²) in [5.74, 6) is 0. The molecule has 0 aliphatic carbocycles. The van der Waals surface area contributed by atoms with Crippen LogP contribution in [0, 0.1) is 0 Å². The van der Waals surface area contributed by atoms with Crippen molar-refractivity contribution in [2.24, 2.45) is 0 Å². The van der Waals surface area contributed by atoms with Crippen LogP contribution in [0.1, 0.15) is 0 Å². The van der Waals surface area contributed by atoms with Crippen LogP contribution < -0.4 is 5.46 Å². The summed E-state index contributed by atoms with van der Waals surface area (Å²) in [6.07, 6.45) is 3.03. The number of nitrogens with zero attached hydrogens (tertiary/aromatic N) is 2. The van der Waals surface area contributed by atoms with Gasteiger partial charge in [0.2, 0.25) is 5.71 Å². The lowest BCUT2D eigenvalue weighted by Crippen LogP contribution is -2.29. The Morgan fingerprint density at radius 2 is 2.06 bits per heavy atom. The zero-order valence-electron chi connectivity index (χ0n) is 8.16. The van der Waals surface area contributed by atoms with Crippen LogP contribution in [0.4, 0.5) is 0 Å². The van der Waals surface area contributed by atoms with Crippen molar-refractivity contribution in [1.82, 2.24) is 9.97 Å². The number of furan rings is 1. The van der Waals surface area contributed by atoms with Gasteiger partial charge in [-0.1, -0.05) is 18.2 Å². The van der Waals surface area contributed by atoms with Gasteiger partial charge in [-0.25, -0.2) is 9.97 Å². The smallest absolute Gasteiger partial charge is 0.438 e. The van der Waals surface area contributed by atoms with E-state index in [1.165, 1.54) is 6.33 Å². The van der Waals surface area contributed by atoms with E-state index in [0.29, 0.717) is 16.8 Å². The number of rotatable bonds is 1. The van der Waals surface area contributed by atoms with E-state index in [2.05, 4.69) is 9.97 Å². The number of hydrogen-bond donors (Lipinski definition) is 2. The molecule has 0 aliphatic heterocycles. The average Bonchev–Trinajstić information content (AvgIpc) is 2.67. The van der Waals surface area contributed by atoms with E-state index >= 15 is 0 Å². The number of aromatic nitrogens is 2. The fourth-order valence-electron chi connectivity index (χ4n) is 1.77. The van der Waals surface area contributed by atoms with Crippen LogP contribution in [-0.2, 0) is 0 Å². The number of benzene rings is 1. The molecular formula is C10H7BN2O3. The van der Waals surface area contributed by atoms with Crippen LogP contribution in [0.3, 0.4) is 0 Å². The summed E-state index contributed by atoms with van der Waals surface area (Å²) < 4.78 is 5.47. The topological polar surface area (TPSA) is 79.4 Å². The zero-order valence-corrected chi connectivity index (χ0v) is 8.16. The summed E-state index contributed by atoms with van der Waals surface area (Å²) in [7, 11) is -1.56. The van der Waals surface area contributed by atoms with Crippen LogP contribution in [0.5, 0.6) is 0 Å². The molecule has 0 unspecified atom stereocenters. The standard InChI is InChI=1S/C10H7BN2O3/c14-11(15)8-3-1-2-6-7-4-12-5-13-10(7)16-9(6)8/h1-5,14-15H. The van der Waals surface area contributed by atoms with E-state index in [9.17, 15) is 10.0 Å². The van der Waals surface area contributed by atoms with Gasteiger partial charge in [0.15, 0.2) is 0 Å². The van der Waals surface area contributed by atoms with E-state index in [4.69, 9.17) is 4.42 Å². The maximum Gasteiger partial charge on any atom is 0.492 e. The molecule has 3 aromatic rings. The normalized spacial score (nSPS) is 11.1. The second-order valence-corrected chi connectivity index (χ2v) is 3.44. The van der Waals surface area contributed by atoms with E-state index in [1.54, 1.807) is 18.3 Å². The Kier molecular flexibility index (Phi) is 1.92. The van der Waals surface area contributed by atoms with Gasteiger partial charge in [0, 0.05) is 17.0 Å². The van der Waals surface area contributed by atoms with Crippen LogP contribution in [-0.4, -0.2) is 27.1 Å². The van der Waals surface area contributed by atoms with Crippen molar-refractivity contribution in [1.29, 1.82) is 0 Å². The third kappa shape index (κ3) is 1.21. The summed E-state index contributed by atoms with van der Waals surface area (Å²) in [6.45, 7) is 0. The van der Waals surface area contributed by atoms with Crippen molar-refractivity contribution in [3.63, 3.8) is 0 Å². The maximum atomic E-state index is 9.21. The van der Waals surface area contributed by atoms with Gasteiger partial charge in [0.25, 0.3) is 0 Å². The molecule has 0 atom stereocenters. The predicted octanol–water partition coefficient (Wildman–Crippen LogP) is 0.0558. The summed E-state index contributed by atoms with van der Waals surface area (Å²) in [5.41, 5.74) is 1.21. The summed E-state index contributed by atoms with van der Waals surface area (Å²) in [4.78, 5) is 7.89. The first-order chi connectivity index (χ1) is 7.77. The summed E-state index contributed by atoms with van der Waals surface area (Å²) in [5, 5.41) is 20.0. The molecule has 0 spiro atoms. The minimum Gasteiger partial charge on any atom is -0.438 e. The molecule has 2 heterocycles. The van der Waals surface area contributed by atoms with E-state index < -0.39 is 7.12 Å². The van der Waals surface area contributed by atoms with Crippen LogP contribution in [0.2, 0.25) is 0 Å². The molecule has 5 nitrogen and oxygen atoms in total. The third-order valence-electron chi connectivity index (χ3n) is 2.49. The van der Waals surface area contributed by atoms with Gasteiger partial charge in [-0.15, -0.1) is 0 Å². The molecule has 16 heavy (non-hydrogen) atoms. The first kappa shape index (κ1) is 9.32. The van der Waals surface area contributed by atoms with Gasteiger partial charge in [0.05, 0.1) is 5.39 Å². The monoisotopic (exact) mass is 214 g/mol. The lowest BCUT2D eigenvalue weighted by atomic mass is 9.79. The molecule has 2 aromatic heterocycles. The molecule has 78 valence electrons. The highest BCUT2D eigenvalue weighted by Gasteiger charge is 2.19. The van der Waals surface area contributed by atoms with Crippen molar-refractivity contribution < 1.29 is 14.5 Å². The van der Waals surface area contributed by atoms with Gasteiger partial charge in [-0.05, 0) is 0 Å². The number of hydrogen-bond acceptors (Lipinski definition) is 5. The molecule has 0 amide bonds. The highest BCUT2D eigenvalue weighted by atomic mass is 16.4. The zero-order chi connectivity index (χ0) is 11.1. The van der Waals surface area contributed by atoms with Gasteiger partial charge in [0.1, 0.15) is 11.9 Å². The Morgan fingerprint density at radius 3 is 2.88 bits per heavy atom. The SMILES string of the molecule is OB(O)c1cccc2c1oc1ncncc12. The molecule has 0 aliphatic rings. The molecule has 0 bridgehead atoms. The lowest BCUT2D eigenvalue weighted by Gasteiger charge is -1.98. The Morgan fingerprint density at radius 1 is 1.19 bits per heavy atom. The summed E-state index contributed by atoms with van der Waals surface area (Å²) >= 11 is 0. The van der Waals surface area contributed by atoms with E-state index in [-0.39, 0.29) is 0 Å². The minimum atomic E-state index is -1.56. The molecule has 0 saturated carbocycles.